The molecule has 0 unspecified atom stereocenters. The first-order valence-corrected chi connectivity index (χ1v) is 11.6. The molecule has 1 N–H and O–H groups in total. The molecule has 5 rings (SSSR count). The molecule has 33 heavy (non-hydrogen) atoms. The maximum atomic E-state index is 12.8. The fraction of sp³-hybridized carbons (Fsp3) is 0.222. The molecule has 6 heteroatoms. The second-order valence-electron chi connectivity index (χ2n) is 8.58. The van der Waals surface area contributed by atoms with Crippen molar-refractivity contribution in [1.82, 2.24) is 14.9 Å². The number of nitrogens with zero attached hydrogens (tertiary/aromatic N) is 3. The Balaban J connectivity index is 1.32. The molecular weight excluding hydrogens is 432 g/mol. The normalized spacial score (nSPS) is 14.0. The smallest absolute Gasteiger partial charge is 0.257 e. The predicted molar refractivity (Wildman–Crippen MR) is 134 cm³/mol. The van der Waals surface area contributed by atoms with Gasteiger partial charge in [-0.25, -0.2) is 0 Å². The van der Waals surface area contributed by atoms with E-state index in [4.69, 9.17) is 11.6 Å². The van der Waals surface area contributed by atoms with Crippen molar-refractivity contribution in [2.75, 3.05) is 18.4 Å². The van der Waals surface area contributed by atoms with Gasteiger partial charge in [-0.1, -0.05) is 23.7 Å². The standard InChI is InChI=1S/C27H25ClN4O/c1-18-12-22-13-19(17-32-10-2-3-11-32)15-29-26(22)14-25(18)31-27(33)21-6-9-24(30-16-21)20-4-7-23(28)8-5-20/h4-9,12-16H,2-3,10-11,17H2,1H3,(H,31,33). The Labute approximate surface area is 198 Å². The molecule has 0 spiro atoms. The first-order chi connectivity index (χ1) is 16.0. The number of anilines is 1. The predicted octanol–water partition coefficient (Wildman–Crippen LogP) is 6.11. The lowest BCUT2D eigenvalue weighted by atomic mass is 10.1. The van der Waals surface area contributed by atoms with Crippen molar-refractivity contribution in [2.45, 2.75) is 26.3 Å². The Kier molecular flexibility index (Phi) is 6.07. The van der Waals surface area contributed by atoms with E-state index in [-0.39, 0.29) is 5.91 Å². The second-order valence-corrected chi connectivity index (χ2v) is 9.02. The van der Waals surface area contributed by atoms with Gasteiger partial charge in [0.15, 0.2) is 0 Å². The van der Waals surface area contributed by atoms with Gasteiger partial charge in [-0.3, -0.25) is 19.7 Å². The molecule has 2 aromatic carbocycles. The summed E-state index contributed by atoms with van der Waals surface area (Å²) in [4.78, 5) is 24.4. The average molecular weight is 457 g/mol. The van der Waals surface area contributed by atoms with Crippen LogP contribution >= 0.6 is 11.6 Å². The molecule has 0 radical (unpaired) electrons. The topological polar surface area (TPSA) is 58.1 Å². The number of rotatable bonds is 5. The van der Waals surface area contributed by atoms with Crippen molar-refractivity contribution >= 4 is 34.1 Å². The van der Waals surface area contributed by atoms with E-state index in [2.05, 4.69) is 32.3 Å². The number of nitrogens with one attached hydrogen (secondary N) is 1. The van der Waals surface area contributed by atoms with E-state index >= 15 is 0 Å². The summed E-state index contributed by atoms with van der Waals surface area (Å²) in [6.45, 7) is 5.28. The molecule has 5 nitrogen and oxygen atoms in total. The monoisotopic (exact) mass is 456 g/mol. The van der Waals surface area contributed by atoms with Gasteiger partial charge in [-0.15, -0.1) is 0 Å². The van der Waals surface area contributed by atoms with Crippen LogP contribution in [0.2, 0.25) is 5.02 Å². The summed E-state index contributed by atoms with van der Waals surface area (Å²) in [7, 11) is 0. The Morgan fingerprint density at radius 1 is 1.00 bits per heavy atom. The van der Waals surface area contributed by atoms with Crippen LogP contribution in [0.25, 0.3) is 22.2 Å². The van der Waals surface area contributed by atoms with Gasteiger partial charge in [-0.2, -0.15) is 0 Å². The molecule has 1 aliphatic rings. The van der Waals surface area contributed by atoms with Gasteiger partial charge < -0.3 is 5.32 Å². The van der Waals surface area contributed by atoms with Gasteiger partial charge in [0.1, 0.15) is 0 Å². The van der Waals surface area contributed by atoms with Crippen LogP contribution in [0.15, 0.2) is 67.0 Å². The van der Waals surface area contributed by atoms with Crippen molar-refractivity contribution in [3.8, 4) is 11.3 Å². The summed E-state index contributed by atoms with van der Waals surface area (Å²) in [6.07, 6.45) is 6.10. The highest BCUT2D eigenvalue weighted by molar-refractivity contribution is 6.30. The van der Waals surface area contributed by atoms with E-state index in [0.717, 1.165) is 53.0 Å². The number of carbonyl (C=O) groups excluding carboxylic acids is 1. The highest BCUT2D eigenvalue weighted by Crippen LogP contribution is 2.25. The molecule has 3 heterocycles. The number of pyridine rings is 2. The Morgan fingerprint density at radius 3 is 2.52 bits per heavy atom. The van der Waals surface area contributed by atoms with Crippen LogP contribution < -0.4 is 5.32 Å². The second kappa shape index (κ2) is 9.30. The number of likely N-dealkylation sites (tertiary alicyclic amines) is 1. The molecule has 0 atom stereocenters. The zero-order valence-corrected chi connectivity index (χ0v) is 19.3. The minimum atomic E-state index is -0.196. The summed E-state index contributed by atoms with van der Waals surface area (Å²) < 4.78 is 0. The zero-order valence-electron chi connectivity index (χ0n) is 18.5. The lowest BCUT2D eigenvalue weighted by molar-refractivity contribution is 0.102. The largest absolute Gasteiger partial charge is 0.322 e. The number of aryl methyl sites for hydroxylation is 1. The summed E-state index contributed by atoms with van der Waals surface area (Å²) in [5, 5.41) is 4.79. The lowest BCUT2D eigenvalue weighted by Gasteiger charge is -2.15. The number of benzene rings is 2. The van der Waals surface area contributed by atoms with Gasteiger partial charge in [0.05, 0.1) is 16.8 Å². The molecular formula is C27H25ClN4O. The minimum absolute atomic E-state index is 0.196. The van der Waals surface area contributed by atoms with Crippen LogP contribution in [0.4, 0.5) is 5.69 Å². The number of halogens is 1. The fourth-order valence-electron chi connectivity index (χ4n) is 4.27. The van der Waals surface area contributed by atoms with E-state index < -0.39 is 0 Å². The maximum Gasteiger partial charge on any atom is 0.257 e. The van der Waals surface area contributed by atoms with Gasteiger partial charge in [0.25, 0.3) is 5.91 Å². The first kappa shape index (κ1) is 21.6. The van der Waals surface area contributed by atoms with Crippen LogP contribution in [0.3, 0.4) is 0 Å². The third kappa shape index (κ3) is 4.90. The van der Waals surface area contributed by atoms with Crippen molar-refractivity contribution in [3.05, 3.63) is 88.7 Å². The lowest BCUT2D eigenvalue weighted by Crippen LogP contribution is -2.18. The van der Waals surface area contributed by atoms with Crippen LogP contribution in [0.5, 0.6) is 0 Å². The van der Waals surface area contributed by atoms with E-state index in [1.165, 1.54) is 18.4 Å². The van der Waals surface area contributed by atoms with Crippen LogP contribution in [-0.2, 0) is 6.54 Å². The number of amides is 1. The average Bonchev–Trinajstić information content (AvgIpc) is 3.33. The quantitative estimate of drug-likeness (QED) is 0.393. The third-order valence-electron chi connectivity index (χ3n) is 6.10. The number of carbonyl (C=O) groups is 1. The third-order valence-corrected chi connectivity index (χ3v) is 6.35. The first-order valence-electron chi connectivity index (χ1n) is 11.2. The van der Waals surface area contributed by atoms with E-state index in [9.17, 15) is 4.79 Å². The van der Waals surface area contributed by atoms with Gasteiger partial charge >= 0.3 is 0 Å². The van der Waals surface area contributed by atoms with Crippen molar-refractivity contribution in [1.29, 1.82) is 0 Å². The van der Waals surface area contributed by atoms with E-state index in [0.29, 0.717) is 10.6 Å². The number of fused-ring (bicyclic) bond motifs is 1. The molecule has 166 valence electrons. The molecule has 0 bridgehead atoms. The Morgan fingerprint density at radius 2 is 1.79 bits per heavy atom. The number of hydrogen-bond acceptors (Lipinski definition) is 4. The number of aromatic nitrogens is 2. The van der Waals surface area contributed by atoms with Crippen molar-refractivity contribution in [3.63, 3.8) is 0 Å². The molecule has 1 amide bonds. The molecule has 4 aromatic rings. The fourth-order valence-corrected chi connectivity index (χ4v) is 4.40. The molecule has 1 aliphatic heterocycles. The Bertz CT molecular complexity index is 1300. The van der Waals surface area contributed by atoms with Crippen LogP contribution in [0.1, 0.15) is 34.3 Å². The molecule has 1 fully saturated rings. The summed E-state index contributed by atoms with van der Waals surface area (Å²) in [6, 6.07) is 17.3. The molecule has 1 saturated heterocycles. The Hall–Kier alpha value is -3.28. The highest BCUT2D eigenvalue weighted by atomic mass is 35.5. The summed E-state index contributed by atoms with van der Waals surface area (Å²) in [5.74, 6) is -0.196. The summed E-state index contributed by atoms with van der Waals surface area (Å²) in [5.41, 5.74) is 6.10. The SMILES string of the molecule is Cc1cc2cc(CN3CCCC3)cnc2cc1NC(=O)c1ccc(-c2ccc(Cl)cc2)nc1. The van der Waals surface area contributed by atoms with Crippen molar-refractivity contribution < 1.29 is 4.79 Å². The van der Waals surface area contributed by atoms with Crippen LogP contribution in [0, 0.1) is 6.92 Å². The van der Waals surface area contributed by atoms with Crippen molar-refractivity contribution in [2.24, 2.45) is 0 Å². The highest BCUT2D eigenvalue weighted by Gasteiger charge is 2.14. The van der Waals surface area contributed by atoms with Crippen LogP contribution in [-0.4, -0.2) is 33.9 Å². The van der Waals surface area contributed by atoms with E-state index in [1.54, 1.807) is 12.3 Å². The van der Waals surface area contributed by atoms with Gasteiger partial charge in [0.2, 0.25) is 0 Å². The summed E-state index contributed by atoms with van der Waals surface area (Å²) >= 11 is 5.95. The minimum Gasteiger partial charge on any atom is -0.322 e. The van der Waals surface area contributed by atoms with E-state index in [1.807, 2.05) is 49.5 Å². The number of hydrogen-bond donors (Lipinski definition) is 1. The molecule has 0 aliphatic carbocycles. The van der Waals surface area contributed by atoms with Gasteiger partial charge in [-0.05, 0) is 86.4 Å². The zero-order chi connectivity index (χ0) is 22.8. The molecule has 2 aromatic heterocycles. The molecule has 0 saturated carbocycles. The maximum absolute atomic E-state index is 12.8. The van der Waals surface area contributed by atoms with Gasteiger partial charge in [0, 0.05) is 40.6 Å².